The number of hydrogen-bond donors (Lipinski definition) is 1. The zero-order valence-electron chi connectivity index (χ0n) is 11.1. The minimum atomic E-state index is 0.170. The molecule has 18 heavy (non-hydrogen) atoms. The molecule has 4 nitrogen and oxygen atoms in total. The molecule has 5 heteroatoms. The van der Waals surface area contributed by atoms with E-state index < -0.39 is 0 Å². The second kappa shape index (κ2) is 5.80. The van der Waals surface area contributed by atoms with Crippen molar-refractivity contribution in [1.29, 1.82) is 0 Å². The second-order valence-electron chi connectivity index (χ2n) is 5.15. The molecule has 1 amide bonds. The number of rotatable bonds is 3. The van der Waals surface area contributed by atoms with E-state index in [2.05, 4.69) is 4.98 Å². The van der Waals surface area contributed by atoms with Gasteiger partial charge in [-0.1, -0.05) is 0 Å². The molecule has 1 aromatic heterocycles. The number of thiazole rings is 1. The van der Waals surface area contributed by atoms with Crippen LogP contribution in [0.1, 0.15) is 35.6 Å². The quantitative estimate of drug-likeness (QED) is 0.910. The molecule has 0 aliphatic heterocycles. The van der Waals surface area contributed by atoms with Gasteiger partial charge in [-0.15, -0.1) is 11.3 Å². The average molecular weight is 267 g/mol. The predicted molar refractivity (Wildman–Crippen MR) is 73.3 cm³/mol. The first-order valence-electron chi connectivity index (χ1n) is 6.48. The summed E-state index contributed by atoms with van der Waals surface area (Å²) in [6.45, 7) is 2.66. The number of aryl methyl sites for hydroxylation is 1. The highest BCUT2D eigenvalue weighted by atomic mass is 32.1. The number of nitrogens with two attached hydrogens (primary N) is 1. The summed E-state index contributed by atoms with van der Waals surface area (Å²) in [7, 11) is 1.88. The van der Waals surface area contributed by atoms with Gasteiger partial charge in [0.2, 0.25) is 5.91 Å². The predicted octanol–water partition coefficient (Wildman–Crippen LogP) is 1.93. The summed E-state index contributed by atoms with van der Waals surface area (Å²) < 4.78 is 0. The van der Waals surface area contributed by atoms with E-state index in [-0.39, 0.29) is 11.8 Å². The Bertz CT molecular complexity index is 410. The van der Waals surface area contributed by atoms with Crippen LogP contribution in [0.25, 0.3) is 0 Å². The van der Waals surface area contributed by atoms with E-state index in [1.165, 1.54) is 0 Å². The van der Waals surface area contributed by atoms with Gasteiger partial charge < -0.3 is 10.6 Å². The Morgan fingerprint density at radius 1 is 1.50 bits per heavy atom. The van der Waals surface area contributed by atoms with Crippen LogP contribution in [0.2, 0.25) is 0 Å². The maximum absolute atomic E-state index is 12.3. The van der Waals surface area contributed by atoms with E-state index in [0.717, 1.165) is 35.6 Å². The Kier molecular flexibility index (Phi) is 4.35. The van der Waals surface area contributed by atoms with Crippen LogP contribution in [0.5, 0.6) is 0 Å². The van der Waals surface area contributed by atoms with E-state index in [9.17, 15) is 4.79 Å². The topological polar surface area (TPSA) is 59.2 Å². The van der Waals surface area contributed by atoms with Gasteiger partial charge in [-0.3, -0.25) is 4.79 Å². The highest BCUT2D eigenvalue weighted by Crippen LogP contribution is 2.25. The first kappa shape index (κ1) is 13.5. The molecular weight excluding hydrogens is 246 g/mol. The van der Waals surface area contributed by atoms with E-state index in [4.69, 9.17) is 5.73 Å². The van der Waals surface area contributed by atoms with E-state index in [1.54, 1.807) is 11.3 Å². The summed E-state index contributed by atoms with van der Waals surface area (Å²) in [6, 6.07) is 0.295. The van der Waals surface area contributed by atoms with Gasteiger partial charge in [-0.05, 0) is 32.6 Å². The van der Waals surface area contributed by atoms with Crippen molar-refractivity contribution in [2.45, 2.75) is 45.2 Å². The fraction of sp³-hybridized carbons (Fsp3) is 0.692. The highest BCUT2D eigenvalue weighted by molar-refractivity contribution is 7.11. The van der Waals surface area contributed by atoms with E-state index >= 15 is 0 Å². The lowest BCUT2D eigenvalue weighted by Crippen LogP contribution is -2.37. The number of carbonyl (C=O) groups excluding carboxylic acids is 1. The molecule has 1 aliphatic rings. The molecule has 2 rings (SSSR count). The fourth-order valence-electron chi connectivity index (χ4n) is 2.47. The monoisotopic (exact) mass is 267 g/mol. The minimum absolute atomic E-state index is 0.170. The highest BCUT2D eigenvalue weighted by Gasteiger charge is 2.26. The Morgan fingerprint density at radius 2 is 2.17 bits per heavy atom. The Balaban J connectivity index is 1.88. The standard InChI is InChI=1S/C13H21N3OS/c1-9-15-7-12(18-9)8-16(2)13(17)10-3-5-11(14)6-4-10/h7,10-11H,3-6,8,14H2,1-2H3. The van der Waals surface area contributed by atoms with Gasteiger partial charge in [0.25, 0.3) is 0 Å². The number of hydrogen-bond acceptors (Lipinski definition) is 4. The lowest BCUT2D eigenvalue weighted by Gasteiger charge is -2.28. The van der Waals surface area contributed by atoms with Crippen LogP contribution in [0, 0.1) is 12.8 Å². The lowest BCUT2D eigenvalue weighted by atomic mass is 9.85. The van der Waals surface area contributed by atoms with Gasteiger partial charge in [0, 0.05) is 30.1 Å². The van der Waals surface area contributed by atoms with Gasteiger partial charge in [-0.25, -0.2) is 4.98 Å². The first-order chi connectivity index (χ1) is 8.56. The third-order valence-corrected chi connectivity index (χ3v) is 4.46. The van der Waals surface area contributed by atoms with Crippen molar-refractivity contribution >= 4 is 17.2 Å². The van der Waals surface area contributed by atoms with Crippen LogP contribution in [0.4, 0.5) is 0 Å². The zero-order chi connectivity index (χ0) is 13.1. The minimum Gasteiger partial charge on any atom is -0.340 e. The molecule has 0 unspecified atom stereocenters. The molecule has 1 aliphatic carbocycles. The smallest absolute Gasteiger partial charge is 0.225 e. The molecule has 2 N–H and O–H groups in total. The third-order valence-electron chi connectivity index (χ3n) is 3.56. The van der Waals surface area contributed by atoms with Gasteiger partial charge >= 0.3 is 0 Å². The van der Waals surface area contributed by atoms with Crippen molar-refractivity contribution in [3.8, 4) is 0 Å². The molecule has 100 valence electrons. The van der Waals surface area contributed by atoms with Crippen LogP contribution < -0.4 is 5.73 Å². The maximum Gasteiger partial charge on any atom is 0.225 e. The number of aromatic nitrogens is 1. The molecular formula is C13H21N3OS. The van der Waals surface area contributed by atoms with Gasteiger partial charge in [0.15, 0.2) is 0 Å². The number of nitrogens with zero attached hydrogens (tertiary/aromatic N) is 2. The molecule has 1 heterocycles. The molecule has 0 spiro atoms. The van der Waals surface area contributed by atoms with Crippen molar-refractivity contribution in [2.24, 2.45) is 11.7 Å². The Morgan fingerprint density at radius 3 is 2.72 bits per heavy atom. The Labute approximate surface area is 112 Å². The molecule has 0 radical (unpaired) electrons. The average Bonchev–Trinajstić information content (AvgIpc) is 2.75. The molecule has 0 bridgehead atoms. The van der Waals surface area contributed by atoms with Crippen LogP contribution in [0.15, 0.2) is 6.20 Å². The van der Waals surface area contributed by atoms with Crippen LogP contribution in [-0.2, 0) is 11.3 Å². The molecule has 0 aromatic carbocycles. The van der Waals surface area contributed by atoms with Crippen LogP contribution in [-0.4, -0.2) is 28.9 Å². The summed E-state index contributed by atoms with van der Waals surface area (Å²) >= 11 is 1.66. The van der Waals surface area contributed by atoms with Gasteiger partial charge in [0.05, 0.1) is 11.6 Å². The van der Waals surface area contributed by atoms with Crippen LogP contribution in [0.3, 0.4) is 0 Å². The second-order valence-corrected chi connectivity index (χ2v) is 6.47. The molecule has 0 saturated heterocycles. The normalized spacial score (nSPS) is 23.9. The Hall–Kier alpha value is -0.940. The van der Waals surface area contributed by atoms with E-state index in [1.807, 2.05) is 25.1 Å². The molecule has 1 saturated carbocycles. The van der Waals surface area contributed by atoms with Crippen molar-refractivity contribution < 1.29 is 4.79 Å². The van der Waals surface area contributed by atoms with Crippen molar-refractivity contribution in [2.75, 3.05) is 7.05 Å². The lowest BCUT2D eigenvalue weighted by molar-refractivity contribution is -0.135. The number of carbonyl (C=O) groups is 1. The largest absolute Gasteiger partial charge is 0.340 e. The summed E-state index contributed by atoms with van der Waals surface area (Å²) in [4.78, 5) is 19.5. The van der Waals surface area contributed by atoms with E-state index in [0.29, 0.717) is 12.6 Å². The van der Waals surface area contributed by atoms with Crippen molar-refractivity contribution in [3.63, 3.8) is 0 Å². The molecule has 0 atom stereocenters. The summed E-state index contributed by atoms with van der Waals surface area (Å²) in [5, 5.41) is 1.05. The summed E-state index contributed by atoms with van der Waals surface area (Å²) in [6.07, 6.45) is 5.69. The fourth-order valence-corrected chi connectivity index (χ4v) is 3.32. The summed E-state index contributed by atoms with van der Waals surface area (Å²) in [5.41, 5.74) is 5.87. The zero-order valence-corrected chi connectivity index (χ0v) is 11.9. The molecule has 1 fully saturated rings. The number of amides is 1. The van der Waals surface area contributed by atoms with Crippen molar-refractivity contribution in [3.05, 3.63) is 16.1 Å². The van der Waals surface area contributed by atoms with Crippen LogP contribution >= 0.6 is 11.3 Å². The van der Waals surface area contributed by atoms with Crippen molar-refractivity contribution in [1.82, 2.24) is 9.88 Å². The summed E-state index contributed by atoms with van der Waals surface area (Å²) in [5.74, 6) is 0.428. The third kappa shape index (κ3) is 3.29. The SMILES string of the molecule is Cc1ncc(CN(C)C(=O)C2CCC(N)CC2)s1. The van der Waals surface area contributed by atoms with Gasteiger partial charge in [-0.2, -0.15) is 0 Å². The first-order valence-corrected chi connectivity index (χ1v) is 7.29. The maximum atomic E-state index is 12.3. The van der Waals surface area contributed by atoms with Gasteiger partial charge in [0.1, 0.15) is 0 Å². The molecule has 1 aromatic rings.